The summed E-state index contributed by atoms with van der Waals surface area (Å²) < 4.78 is 5.72. The molecule has 3 rings (SSSR count). The fraction of sp³-hybridized carbons (Fsp3) is 0.0588. The van der Waals surface area contributed by atoms with E-state index in [0.717, 1.165) is 10.9 Å². The fourth-order valence-corrected chi connectivity index (χ4v) is 2.07. The smallest absolute Gasteiger partial charge is 0.254 e. The van der Waals surface area contributed by atoms with Crippen LogP contribution in [0.15, 0.2) is 64.0 Å². The number of hydrogen-bond acceptors (Lipinski definition) is 3. The summed E-state index contributed by atoms with van der Waals surface area (Å²) in [5.74, 6) is -0.560. The van der Waals surface area contributed by atoms with Gasteiger partial charge < -0.3 is 10.2 Å². The van der Waals surface area contributed by atoms with Crippen LogP contribution in [0.2, 0.25) is 0 Å². The SMILES string of the molecule is Cc1ccc(N=c2oc3ccccc3cc2C(N)=O)cc1. The Kier molecular flexibility index (Phi) is 3.28. The molecule has 1 heterocycles. The van der Waals surface area contributed by atoms with Crippen LogP contribution >= 0.6 is 0 Å². The van der Waals surface area contributed by atoms with E-state index in [1.165, 1.54) is 0 Å². The molecule has 104 valence electrons. The van der Waals surface area contributed by atoms with Crippen molar-refractivity contribution in [2.45, 2.75) is 6.92 Å². The molecule has 0 aliphatic carbocycles. The minimum Gasteiger partial charge on any atom is -0.438 e. The van der Waals surface area contributed by atoms with Gasteiger partial charge in [-0.25, -0.2) is 4.99 Å². The molecule has 0 unspecified atom stereocenters. The van der Waals surface area contributed by atoms with Gasteiger partial charge in [-0.15, -0.1) is 0 Å². The second kappa shape index (κ2) is 5.25. The summed E-state index contributed by atoms with van der Waals surface area (Å²) in [6, 6.07) is 16.8. The number of hydrogen-bond donors (Lipinski definition) is 1. The lowest BCUT2D eigenvalue weighted by Gasteiger charge is -2.02. The van der Waals surface area contributed by atoms with Gasteiger partial charge in [0, 0.05) is 5.39 Å². The van der Waals surface area contributed by atoms with Crippen LogP contribution in [0.1, 0.15) is 15.9 Å². The van der Waals surface area contributed by atoms with Crippen molar-refractivity contribution in [2.24, 2.45) is 10.7 Å². The van der Waals surface area contributed by atoms with Crippen molar-refractivity contribution in [3.8, 4) is 0 Å². The van der Waals surface area contributed by atoms with E-state index in [1.807, 2.05) is 55.5 Å². The maximum absolute atomic E-state index is 11.6. The molecule has 0 saturated carbocycles. The molecular weight excluding hydrogens is 264 g/mol. The van der Waals surface area contributed by atoms with Crippen molar-refractivity contribution in [3.05, 3.63) is 71.3 Å². The summed E-state index contributed by atoms with van der Waals surface area (Å²) in [5.41, 5.74) is 8.43. The Morgan fingerprint density at radius 2 is 1.81 bits per heavy atom. The zero-order valence-electron chi connectivity index (χ0n) is 11.5. The van der Waals surface area contributed by atoms with Crippen LogP contribution in [0.25, 0.3) is 11.0 Å². The van der Waals surface area contributed by atoms with E-state index in [1.54, 1.807) is 6.07 Å². The van der Waals surface area contributed by atoms with Crippen LogP contribution < -0.4 is 11.3 Å². The Hall–Kier alpha value is -2.88. The molecule has 1 aromatic heterocycles. The van der Waals surface area contributed by atoms with Crippen molar-refractivity contribution >= 4 is 22.6 Å². The standard InChI is InChI=1S/C17H14N2O2/c1-11-6-8-13(9-7-11)19-17-14(16(18)20)10-12-4-2-3-5-15(12)21-17/h2-10H,1H3,(H2,18,20). The van der Waals surface area contributed by atoms with E-state index in [0.29, 0.717) is 11.3 Å². The first-order valence-corrected chi connectivity index (χ1v) is 6.57. The summed E-state index contributed by atoms with van der Waals surface area (Å²) >= 11 is 0. The van der Waals surface area contributed by atoms with E-state index in [-0.39, 0.29) is 11.1 Å². The summed E-state index contributed by atoms with van der Waals surface area (Å²) in [6.07, 6.45) is 0. The third-order valence-corrected chi connectivity index (χ3v) is 3.19. The van der Waals surface area contributed by atoms with Gasteiger partial charge in [-0.1, -0.05) is 35.9 Å². The molecule has 0 atom stereocenters. The molecule has 0 fully saturated rings. The van der Waals surface area contributed by atoms with Gasteiger partial charge in [0.05, 0.1) is 5.69 Å². The van der Waals surface area contributed by atoms with Crippen LogP contribution in [0, 0.1) is 6.92 Å². The van der Waals surface area contributed by atoms with E-state index < -0.39 is 5.91 Å². The second-order valence-corrected chi connectivity index (χ2v) is 4.81. The first kappa shape index (κ1) is 13.1. The van der Waals surface area contributed by atoms with Crippen molar-refractivity contribution in [1.29, 1.82) is 0 Å². The maximum atomic E-state index is 11.6. The minimum atomic E-state index is -0.560. The third kappa shape index (κ3) is 2.69. The number of rotatable bonds is 2. The molecule has 0 bridgehead atoms. The lowest BCUT2D eigenvalue weighted by Crippen LogP contribution is -2.21. The number of benzene rings is 2. The molecule has 4 nitrogen and oxygen atoms in total. The summed E-state index contributed by atoms with van der Waals surface area (Å²) in [5, 5.41) is 0.814. The average Bonchev–Trinajstić information content (AvgIpc) is 2.48. The topological polar surface area (TPSA) is 68.6 Å². The Morgan fingerprint density at radius 3 is 2.52 bits per heavy atom. The van der Waals surface area contributed by atoms with E-state index in [2.05, 4.69) is 4.99 Å². The van der Waals surface area contributed by atoms with Crippen LogP contribution in [-0.2, 0) is 0 Å². The Morgan fingerprint density at radius 1 is 1.10 bits per heavy atom. The van der Waals surface area contributed by atoms with Crippen LogP contribution in [0.4, 0.5) is 5.69 Å². The highest BCUT2D eigenvalue weighted by molar-refractivity contribution is 5.95. The average molecular weight is 278 g/mol. The molecule has 2 N–H and O–H groups in total. The van der Waals surface area contributed by atoms with Gasteiger partial charge in [0.25, 0.3) is 5.91 Å². The Labute approximate surface area is 121 Å². The second-order valence-electron chi connectivity index (χ2n) is 4.81. The molecular formula is C17H14N2O2. The molecule has 2 aromatic carbocycles. The Bertz CT molecular complexity index is 877. The molecule has 0 spiro atoms. The van der Waals surface area contributed by atoms with Gasteiger partial charge in [-0.2, -0.15) is 0 Å². The highest BCUT2D eigenvalue weighted by Crippen LogP contribution is 2.15. The van der Waals surface area contributed by atoms with Crippen LogP contribution in [-0.4, -0.2) is 5.91 Å². The van der Waals surface area contributed by atoms with Crippen LogP contribution in [0.5, 0.6) is 0 Å². The molecule has 0 radical (unpaired) electrons. The quantitative estimate of drug-likeness (QED) is 0.782. The van der Waals surface area contributed by atoms with Crippen molar-refractivity contribution in [2.75, 3.05) is 0 Å². The summed E-state index contributed by atoms with van der Waals surface area (Å²) in [6.45, 7) is 2.00. The van der Waals surface area contributed by atoms with Crippen LogP contribution in [0.3, 0.4) is 0 Å². The number of nitrogens with two attached hydrogens (primary N) is 1. The van der Waals surface area contributed by atoms with Gasteiger partial charge in [-0.3, -0.25) is 4.79 Å². The summed E-state index contributed by atoms with van der Waals surface area (Å²) in [7, 11) is 0. The minimum absolute atomic E-state index is 0.227. The number of amides is 1. The highest BCUT2D eigenvalue weighted by atomic mass is 16.3. The number of carbonyl (C=O) groups is 1. The van der Waals surface area contributed by atoms with E-state index >= 15 is 0 Å². The number of para-hydroxylation sites is 1. The predicted octanol–water partition coefficient (Wildman–Crippen LogP) is 3.07. The van der Waals surface area contributed by atoms with E-state index in [9.17, 15) is 4.79 Å². The molecule has 4 heteroatoms. The molecule has 0 saturated heterocycles. The summed E-state index contributed by atoms with van der Waals surface area (Å²) in [4.78, 5) is 16.0. The van der Waals surface area contributed by atoms with Crippen molar-refractivity contribution in [3.63, 3.8) is 0 Å². The van der Waals surface area contributed by atoms with Crippen molar-refractivity contribution in [1.82, 2.24) is 0 Å². The monoisotopic (exact) mass is 278 g/mol. The first-order valence-electron chi connectivity index (χ1n) is 6.57. The molecule has 21 heavy (non-hydrogen) atoms. The molecule has 1 amide bonds. The largest absolute Gasteiger partial charge is 0.438 e. The first-order chi connectivity index (χ1) is 10.1. The van der Waals surface area contributed by atoms with Gasteiger partial charge in [0.15, 0.2) is 0 Å². The highest BCUT2D eigenvalue weighted by Gasteiger charge is 2.08. The number of primary amides is 1. The van der Waals surface area contributed by atoms with Gasteiger partial charge in [0.2, 0.25) is 5.55 Å². The van der Waals surface area contributed by atoms with Gasteiger partial charge in [-0.05, 0) is 31.2 Å². The van der Waals surface area contributed by atoms with Crippen molar-refractivity contribution < 1.29 is 9.21 Å². The maximum Gasteiger partial charge on any atom is 0.254 e. The number of carbonyl (C=O) groups excluding carboxylic acids is 1. The van der Waals surface area contributed by atoms with Gasteiger partial charge >= 0.3 is 0 Å². The third-order valence-electron chi connectivity index (χ3n) is 3.19. The predicted molar refractivity (Wildman–Crippen MR) is 81.1 cm³/mol. The lowest BCUT2D eigenvalue weighted by atomic mass is 10.2. The molecule has 0 aliphatic rings. The normalized spacial score (nSPS) is 11.8. The Balaban J connectivity index is 2.26. The number of aryl methyl sites for hydroxylation is 1. The number of nitrogens with zero attached hydrogens (tertiary/aromatic N) is 1. The van der Waals surface area contributed by atoms with Gasteiger partial charge in [0.1, 0.15) is 11.1 Å². The zero-order chi connectivity index (χ0) is 14.8. The number of fused-ring (bicyclic) bond motifs is 1. The van der Waals surface area contributed by atoms with E-state index in [4.69, 9.17) is 10.2 Å². The fourth-order valence-electron chi connectivity index (χ4n) is 2.07. The molecule has 0 aliphatic heterocycles. The lowest BCUT2D eigenvalue weighted by molar-refractivity contribution is 0.0996. The zero-order valence-corrected chi connectivity index (χ0v) is 11.5. The molecule has 3 aromatic rings.